The van der Waals surface area contributed by atoms with Gasteiger partial charge in [0.1, 0.15) is 12.4 Å². The number of piperazine rings is 1. The minimum atomic E-state index is -4.52. The van der Waals surface area contributed by atoms with Gasteiger partial charge in [0.15, 0.2) is 11.2 Å². The van der Waals surface area contributed by atoms with Gasteiger partial charge in [-0.1, -0.05) is 48.5 Å². The Morgan fingerprint density at radius 2 is 1.57 bits per heavy atom. The maximum absolute atomic E-state index is 12.8. The quantitative estimate of drug-likeness (QED) is 0.255. The van der Waals surface area contributed by atoms with Crippen LogP contribution in [0.5, 0.6) is 0 Å². The van der Waals surface area contributed by atoms with Gasteiger partial charge in [0.05, 0.1) is 0 Å². The molecule has 1 saturated heterocycles. The average Bonchev–Trinajstić information content (AvgIpc) is 3.28. The van der Waals surface area contributed by atoms with E-state index in [0.717, 1.165) is 84.7 Å². The molecular formula is C32H32F3N5O2. The number of pyridine rings is 2. The van der Waals surface area contributed by atoms with Crippen molar-refractivity contribution in [3.8, 4) is 11.1 Å². The first-order chi connectivity index (χ1) is 20.3. The van der Waals surface area contributed by atoms with Gasteiger partial charge in [-0.25, -0.2) is 14.8 Å². The number of amides is 1. The van der Waals surface area contributed by atoms with Crippen LogP contribution in [0.3, 0.4) is 0 Å². The van der Waals surface area contributed by atoms with Crippen LogP contribution in [0.15, 0.2) is 79.0 Å². The largest absolute Gasteiger partial charge is 0.433 e. The number of alkyl carbamates (subject to hydrolysis) is 1. The molecule has 4 aromatic rings. The maximum Gasteiger partial charge on any atom is 0.408 e. The van der Waals surface area contributed by atoms with Crippen LogP contribution in [0.2, 0.25) is 0 Å². The van der Waals surface area contributed by atoms with Gasteiger partial charge in [-0.15, -0.1) is 0 Å². The van der Waals surface area contributed by atoms with Crippen molar-refractivity contribution >= 4 is 22.9 Å². The Morgan fingerprint density at radius 3 is 2.26 bits per heavy atom. The van der Waals surface area contributed by atoms with E-state index in [2.05, 4.69) is 20.9 Å². The van der Waals surface area contributed by atoms with Gasteiger partial charge in [-0.05, 0) is 61.2 Å². The number of nitrogens with one attached hydrogen (secondary N) is 1. The summed E-state index contributed by atoms with van der Waals surface area (Å²) in [6.07, 6.45) is -1.79. The van der Waals surface area contributed by atoms with Crippen molar-refractivity contribution < 1.29 is 22.7 Å². The highest BCUT2D eigenvalue weighted by Gasteiger charge is 2.46. The Kier molecular flexibility index (Phi) is 7.72. The molecule has 2 aromatic heterocycles. The van der Waals surface area contributed by atoms with E-state index in [1.54, 1.807) is 6.20 Å². The Hall–Kier alpha value is -4.18. The molecule has 0 atom stereocenters. The number of anilines is 1. The van der Waals surface area contributed by atoms with E-state index in [1.807, 2.05) is 72.0 Å². The van der Waals surface area contributed by atoms with Crippen molar-refractivity contribution in [2.24, 2.45) is 0 Å². The van der Waals surface area contributed by atoms with E-state index in [-0.39, 0.29) is 0 Å². The minimum absolute atomic E-state index is 0.467. The normalized spacial score (nSPS) is 16.2. The monoisotopic (exact) mass is 575 g/mol. The number of fused-ring (bicyclic) bond motifs is 4. The molecule has 0 unspecified atom stereocenters. The van der Waals surface area contributed by atoms with Crippen molar-refractivity contribution in [2.45, 2.75) is 31.0 Å². The number of carbonyl (C=O) groups is 1. The summed E-state index contributed by atoms with van der Waals surface area (Å²) in [5.41, 5.74) is 3.07. The van der Waals surface area contributed by atoms with Gasteiger partial charge in [0.2, 0.25) is 0 Å². The molecule has 0 radical (unpaired) electrons. The highest BCUT2D eigenvalue weighted by atomic mass is 19.4. The van der Waals surface area contributed by atoms with Crippen LogP contribution < -0.4 is 10.2 Å². The molecule has 3 heterocycles. The first kappa shape index (κ1) is 28.0. The topological polar surface area (TPSA) is 70.6 Å². The van der Waals surface area contributed by atoms with Gasteiger partial charge < -0.3 is 15.0 Å². The van der Waals surface area contributed by atoms with Crippen LogP contribution in [-0.2, 0) is 10.3 Å². The van der Waals surface area contributed by atoms with Gasteiger partial charge in [-0.3, -0.25) is 4.90 Å². The fourth-order valence-corrected chi connectivity index (χ4v) is 6.11. The van der Waals surface area contributed by atoms with E-state index in [1.165, 1.54) is 0 Å². The SMILES string of the molecule is O=C(NCC(F)(F)F)OC1(CCCCN2CCN(c3ccc4cccnc4n3)CC2)c2ccccc2-c2ccccc21. The molecule has 218 valence electrons. The van der Waals surface area contributed by atoms with Gasteiger partial charge >= 0.3 is 12.3 Å². The van der Waals surface area contributed by atoms with Gasteiger partial charge in [0.25, 0.3) is 0 Å². The number of halogens is 3. The first-order valence-corrected chi connectivity index (χ1v) is 14.2. The molecule has 1 aliphatic heterocycles. The molecule has 1 N–H and O–H groups in total. The number of nitrogens with zero attached hydrogens (tertiary/aromatic N) is 4. The molecule has 0 saturated carbocycles. The summed E-state index contributed by atoms with van der Waals surface area (Å²) in [6, 6.07) is 23.3. The molecule has 7 nitrogen and oxygen atoms in total. The summed E-state index contributed by atoms with van der Waals surface area (Å²) < 4.78 is 44.4. The third kappa shape index (κ3) is 5.76. The summed E-state index contributed by atoms with van der Waals surface area (Å²) in [5, 5.41) is 2.92. The lowest BCUT2D eigenvalue weighted by Crippen LogP contribution is -2.47. The summed E-state index contributed by atoms with van der Waals surface area (Å²) in [7, 11) is 0. The highest BCUT2D eigenvalue weighted by Crippen LogP contribution is 2.52. The smallest absolute Gasteiger partial charge is 0.408 e. The minimum Gasteiger partial charge on any atom is -0.433 e. The maximum atomic E-state index is 12.8. The lowest BCUT2D eigenvalue weighted by atomic mass is 9.86. The molecule has 0 spiro atoms. The van der Waals surface area contributed by atoms with Crippen molar-refractivity contribution in [1.29, 1.82) is 0 Å². The second-order valence-electron chi connectivity index (χ2n) is 10.8. The molecular weight excluding hydrogens is 543 g/mol. The van der Waals surface area contributed by atoms with Crippen molar-refractivity contribution in [3.05, 3.63) is 90.1 Å². The van der Waals surface area contributed by atoms with Gasteiger partial charge in [0, 0.05) is 48.9 Å². The number of hydrogen-bond acceptors (Lipinski definition) is 6. The Morgan fingerprint density at radius 1 is 0.881 bits per heavy atom. The molecule has 2 aliphatic rings. The number of unbranched alkanes of at least 4 members (excludes halogenated alkanes) is 1. The average molecular weight is 576 g/mol. The van der Waals surface area contributed by atoms with Crippen LogP contribution in [0.4, 0.5) is 23.8 Å². The lowest BCUT2D eigenvalue weighted by Gasteiger charge is -2.36. The van der Waals surface area contributed by atoms with E-state index in [9.17, 15) is 18.0 Å². The molecule has 1 fully saturated rings. The second-order valence-corrected chi connectivity index (χ2v) is 10.8. The van der Waals surface area contributed by atoms with E-state index < -0.39 is 24.4 Å². The van der Waals surface area contributed by atoms with Crippen LogP contribution in [-0.4, -0.2) is 66.4 Å². The Balaban J connectivity index is 1.10. The number of rotatable bonds is 8. The molecule has 1 amide bonds. The summed E-state index contributed by atoms with van der Waals surface area (Å²) in [6.45, 7) is 2.95. The molecule has 6 rings (SSSR count). The number of benzene rings is 2. The van der Waals surface area contributed by atoms with Crippen LogP contribution >= 0.6 is 0 Å². The number of carbonyl (C=O) groups excluding carboxylic acids is 1. The number of aromatic nitrogens is 2. The third-order valence-corrected chi connectivity index (χ3v) is 8.11. The molecule has 1 aliphatic carbocycles. The lowest BCUT2D eigenvalue weighted by molar-refractivity contribution is -0.124. The predicted octanol–water partition coefficient (Wildman–Crippen LogP) is 6.13. The molecule has 10 heteroatoms. The predicted molar refractivity (Wildman–Crippen MR) is 155 cm³/mol. The van der Waals surface area contributed by atoms with Crippen LogP contribution in [0.1, 0.15) is 30.4 Å². The fraction of sp³-hybridized carbons (Fsp3) is 0.344. The zero-order chi connectivity index (χ0) is 29.2. The number of alkyl halides is 3. The van der Waals surface area contributed by atoms with E-state index >= 15 is 0 Å². The summed E-state index contributed by atoms with van der Waals surface area (Å²) in [5.74, 6) is 0.933. The summed E-state index contributed by atoms with van der Waals surface area (Å²) >= 11 is 0. The van der Waals surface area contributed by atoms with Crippen LogP contribution in [0, 0.1) is 0 Å². The fourth-order valence-electron chi connectivity index (χ4n) is 6.11. The molecule has 0 bridgehead atoms. The molecule has 42 heavy (non-hydrogen) atoms. The zero-order valence-electron chi connectivity index (χ0n) is 23.1. The van der Waals surface area contributed by atoms with E-state index in [4.69, 9.17) is 9.72 Å². The number of hydrogen-bond donors (Lipinski definition) is 1. The van der Waals surface area contributed by atoms with Crippen LogP contribution in [0.25, 0.3) is 22.2 Å². The summed E-state index contributed by atoms with van der Waals surface area (Å²) in [4.78, 5) is 26.5. The van der Waals surface area contributed by atoms with Gasteiger partial charge in [-0.2, -0.15) is 13.2 Å². The first-order valence-electron chi connectivity index (χ1n) is 14.2. The van der Waals surface area contributed by atoms with Crippen molar-refractivity contribution in [1.82, 2.24) is 20.2 Å². The zero-order valence-corrected chi connectivity index (χ0v) is 23.1. The third-order valence-electron chi connectivity index (χ3n) is 8.11. The van der Waals surface area contributed by atoms with Crippen molar-refractivity contribution in [3.63, 3.8) is 0 Å². The standard InChI is InChI=1S/C32H32F3N5O2/c33-32(34,35)22-37-30(41)42-31(26-11-3-1-9-24(26)25-10-2-4-12-27(25)31)15-5-6-17-39-18-20-40(21-19-39)28-14-13-23-8-7-16-36-29(23)38-28/h1-4,7-14,16H,5-6,15,17-22H2,(H,37,41). The number of ether oxygens (including phenoxy) is 1. The Bertz CT molecular complexity index is 1520. The van der Waals surface area contributed by atoms with E-state index in [0.29, 0.717) is 6.42 Å². The highest BCUT2D eigenvalue weighted by molar-refractivity contribution is 5.82. The van der Waals surface area contributed by atoms with Crippen molar-refractivity contribution in [2.75, 3.05) is 44.2 Å². The Labute approximate surface area is 242 Å². The second kappa shape index (κ2) is 11.6. The molecule has 2 aromatic carbocycles.